The van der Waals surface area contributed by atoms with Crippen LogP contribution in [-0.4, -0.2) is 31.0 Å². The van der Waals surface area contributed by atoms with Crippen molar-refractivity contribution in [2.75, 3.05) is 0 Å². The molecule has 1 N–H and O–H groups in total. The lowest BCUT2D eigenvalue weighted by Gasteiger charge is -2.19. The number of carboxylic acids is 1. The maximum absolute atomic E-state index is 12.9. The van der Waals surface area contributed by atoms with Crippen LogP contribution in [0, 0.1) is 13.8 Å². The third-order valence-corrected chi connectivity index (χ3v) is 5.64. The molecule has 0 fully saturated rings. The molecule has 0 aromatic heterocycles. The van der Waals surface area contributed by atoms with Crippen molar-refractivity contribution in [1.29, 1.82) is 0 Å². The fourth-order valence-electron chi connectivity index (χ4n) is 2.88. The van der Waals surface area contributed by atoms with Gasteiger partial charge in [-0.15, -0.1) is 0 Å². The first-order valence-corrected chi connectivity index (χ1v) is 9.87. The van der Waals surface area contributed by atoms with E-state index in [1.165, 1.54) is 0 Å². The molecule has 2 rings (SSSR count). The van der Waals surface area contributed by atoms with Gasteiger partial charge in [0.15, 0.2) is 5.75 Å². The van der Waals surface area contributed by atoms with Gasteiger partial charge < -0.3 is 14.0 Å². The summed E-state index contributed by atoms with van der Waals surface area (Å²) in [5.74, 6) is -2.68. The quantitative estimate of drug-likeness (QED) is 0.301. The maximum Gasteiger partial charge on any atom is 0.534 e. The number of benzene rings is 1. The number of hydrogen-bond donors (Lipinski definition) is 1. The molecule has 0 saturated heterocycles. The van der Waals surface area contributed by atoms with Gasteiger partial charge in [-0.2, -0.15) is 21.6 Å². The fraction of sp³-hybridized carbons (Fsp3) is 0.444. The number of esters is 1. The Hall–Kier alpha value is -2.56. The molecule has 0 radical (unpaired) electrons. The Kier molecular flexibility index (Phi) is 6.31. The van der Waals surface area contributed by atoms with E-state index in [0.29, 0.717) is 16.7 Å². The average Bonchev–Trinajstić information content (AvgIpc) is 2.98. The van der Waals surface area contributed by atoms with Crippen LogP contribution in [0.2, 0.25) is 0 Å². The first kappa shape index (κ1) is 22.7. The van der Waals surface area contributed by atoms with E-state index in [2.05, 4.69) is 4.18 Å². The number of alkyl halides is 3. The number of carbonyl (C=O) groups excluding carboxylic acids is 1. The van der Waals surface area contributed by atoms with Crippen molar-refractivity contribution in [3.63, 3.8) is 0 Å². The van der Waals surface area contributed by atoms with E-state index in [1.807, 2.05) is 0 Å². The monoisotopic (exact) mass is 436 g/mol. The molecule has 160 valence electrons. The van der Waals surface area contributed by atoms with Gasteiger partial charge in [-0.3, -0.25) is 4.79 Å². The van der Waals surface area contributed by atoms with E-state index in [1.54, 1.807) is 26.8 Å². The molecule has 0 unspecified atom stereocenters. The maximum atomic E-state index is 12.9. The zero-order chi connectivity index (χ0) is 22.1. The molecule has 0 aliphatic carbocycles. The number of hydrogen-bond acceptors (Lipinski definition) is 6. The topological polar surface area (TPSA) is 107 Å². The average molecular weight is 436 g/mol. The molecule has 1 aromatic carbocycles. The molecule has 1 heterocycles. The van der Waals surface area contributed by atoms with Crippen molar-refractivity contribution in [2.24, 2.45) is 0 Å². The van der Waals surface area contributed by atoms with Gasteiger partial charge in [-0.25, -0.2) is 4.79 Å². The van der Waals surface area contributed by atoms with Crippen molar-refractivity contribution in [2.45, 2.75) is 52.1 Å². The van der Waals surface area contributed by atoms with Crippen LogP contribution in [0.1, 0.15) is 52.4 Å². The van der Waals surface area contributed by atoms with Crippen LogP contribution >= 0.6 is 0 Å². The number of rotatable bonds is 7. The molecule has 1 aromatic rings. The van der Waals surface area contributed by atoms with E-state index in [4.69, 9.17) is 9.84 Å². The number of fused-ring (bicyclic) bond motifs is 1. The number of carbonyl (C=O) groups is 2. The van der Waals surface area contributed by atoms with Gasteiger partial charge in [-0.05, 0) is 44.7 Å². The van der Waals surface area contributed by atoms with Crippen molar-refractivity contribution in [3.05, 3.63) is 39.5 Å². The molecule has 0 spiro atoms. The molecular formula is C18H19F3O7S. The lowest BCUT2D eigenvalue weighted by molar-refractivity contribution is -0.136. The van der Waals surface area contributed by atoms with Crippen LogP contribution in [0.5, 0.6) is 5.75 Å². The predicted molar refractivity (Wildman–Crippen MR) is 95.0 cm³/mol. The summed E-state index contributed by atoms with van der Waals surface area (Å²) in [5, 5.41) is 8.74. The Morgan fingerprint density at radius 1 is 1.24 bits per heavy atom. The number of carboxylic acid groups (broad SMARTS) is 1. The third-order valence-electron chi connectivity index (χ3n) is 4.69. The van der Waals surface area contributed by atoms with Crippen LogP contribution in [0.3, 0.4) is 0 Å². The minimum atomic E-state index is -6.01. The summed E-state index contributed by atoms with van der Waals surface area (Å²) in [6.07, 6.45) is 1.58. The van der Waals surface area contributed by atoms with Crippen molar-refractivity contribution in [3.8, 4) is 5.75 Å². The lowest BCUT2D eigenvalue weighted by Crippen LogP contribution is -2.29. The van der Waals surface area contributed by atoms with Gasteiger partial charge in [0.1, 0.15) is 12.2 Å². The lowest BCUT2D eigenvalue weighted by atomic mass is 9.91. The third kappa shape index (κ3) is 4.72. The van der Waals surface area contributed by atoms with Crippen molar-refractivity contribution >= 4 is 22.1 Å². The van der Waals surface area contributed by atoms with E-state index >= 15 is 0 Å². The van der Waals surface area contributed by atoms with E-state index in [-0.39, 0.29) is 42.6 Å². The van der Waals surface area contributed by atoms with Crippen molar-refractivity contribution < 1.29 is 45.2 Å². The fourth-order valence-corrected chi connectivity index (χ4v) is 3.38. The number of ether oxygens (including phenoxy) is 1. The Morgan fingerprint density at radius 3 is 2.41 bits per heavy atom. The summed E-state index contributed by atoms with van der Waals surface area (Å²) < 4.78 is 71.1. The molecule has 0 amide bonds. The first-order valence-electron chi connectivity index (χ1n) is 8.46. The van der Waals surface area contributed by atoms with E-state index < -0.39 is 33.3 Å². The summed E-state index contributed by atoms with van der Waals surface area (Å²) in [6, 6.07) is 0. The summed E-state index contributed by atoms with van der Waals surface area (Å²) >= 11 is 0. The van der Waals surface area contributed by atoms with Gasteiger partial charge >= 0.3 is 27.6 Å². The number of halogens is 3. The number of cyclic esters (lactones) is 1. The highest BCUT2D eigenvalue weighted by Gasteiger charge is 2.50. The molecule has 11 heteroatoms. The molecule has 0 bridgehead atoms. The Balaban J connectivity index is 2.59. The minimum absolute atomic E-state index is 0.0542. The Labute approximate surface area is 165 Å². The van der Waals surface area contributed by atoms with Gasteiger partial charge in [0.25, 0.3) is 0 Å². The molecule has 7 nitrogen and oxygen atoms in total. The highest BCUT2D eigenvalue weighted by Crippen LogP contribution is 2.41. The van der Waals surface area contributed by atoms with Crippen LogP contribution in [0.25, 0.3) is 0 Å². The zero-order valence-corrected chi connectivity index (χ0v) is 16.7. The molecule has 0 saturated carbocycles. The second kappa shape index (κ2) is 8.05. The molecule has 1 aliphatic heterocycles. The Morgan fingerprint density at radius 2 is 1.86 bits per heavy atom. The minimum Gasteiger partial charge on any atom is -0.481 e. The van der Waals surface area contributed by atoms with Crippen LogP contribution < -0.4 is 4.18 Å². The van der Waals surface area contributed by atoms with E-state index in [0.717, 1.165) is 0 Å². The van der Waals surface area contributed by atoms with E-state index in [9.17, 15) is 31.2 Å². The van der Waals surface area contributed by atoms with Crippen molar-refractivity contribution in [1.82, 2.24) is 0 Å². The summed E-state index contributed by atoms with van der Waals surface area (Å²) in [4.78, 5) is 22.8. The van der Waals surface area contributed by atoms with Gasteiger partial charge in [0.05, 0.1) is 0 Å². The largest absolute Gasteiger partial charge is 0.534 e. The molecule has 1 aliphatic rings. The van der Waals surface area contributed by atoms with Gasteiger partial charge in [-0.1, -0.05) is 11.6 Å². The molecular weight excluding hydrogens is 417 g/mol. The SMILES string of the molecule is C/C(=C\Cc1c(C)c(C)c2c(c1OS(=O)(=O)C(F)(F)F)C(=O)OC2)CCC(=O)O. The predicted octanol–water partition coefficient (Wildman–Crippen LogP) is 3.56. The molecule has 29 heavy (non-hydrogen) atoms. The standard InChI is InChI=1S/C18H19F3O7S/c1-9(5-7-14(22)23)4-6-12-10(2)11(3)13-8-27-17(24)15(13)16(12)28-29(25,26)18(19,20)21/h4H,5-8H2,1-3H3,(H,22,23)/b9-4+. The van der Waals surface area contributed by atoms with Gasteiger partial charge in [0.2, 0.25) is 0 Å². The van der Waals surface area contributed by atoms with Crippen LogP contribution in [-0.2, 0) is 32.7 Å². The van der Waals surface area contributed by atoms with Crippen LogP contribution in [0.4, 0.5) is 13.2 Å². The highest BCUT2D eigenvalue weighted by molar-refractivity contribution is 7.88. The molecule has 0 atom stereocenters. The van der Waals surface area contributed by atoms with Gasteiger partial charge in [0, 0.05) is 17.5 Å². The zero-order valence-electron chi connectivity index (χ0n) is 15.8. The first-order chi connectivity index (χ1) is 13.3. The summed E-state index contributed by atoms with van der Waals surface area (Å²) in [5.41, 5.74) is -3.99. The van der Waals surface area contributed by atoms with Crippen LogP contribution in [0.15, 0.2) is 11.6 Å². The Bertz CT molecular complexity index is 992. The smallest absolute Gasteiger partial charge is 0.481 e. The normalized spacial score (nSPS) is 14.6. The second-order valence-corrected chi connectivity index (χ2v) is 8.16. The summed E-state index contributed by atoms with van der Waals surface area (Å²) in [6.45, 7) is 4.65. The highest BCUT2D eigenvalue weighted by atomic mass is 32.2. The summed E-state index contributed by atoms with van der Waals surface area (Å²) in [7, 11) is -6.01. The number of aliphatic carboxylic acids is 1. The number of allylic oxidation sites excluding steroid dienone is 2. The second-order valence-electron chi connectivity index (χ2n) is 6.62.